The number of thiazole rings is 1. The molecular formula is C19H25FN2S. The van der Waals surface area contributed by atoms with Gasteiger partial charge in [0.15, 0.2) is 5.82 Å². The third kappa shape index (κ3) is 3.55. The van der Waals surface area contributed by atoms with Crippen LogP contribution in [0.2, 0.25) is 0 Å². The van der Waals surface area contributed by atoms with E-state index in [1.807, 2.05) is 19.9 Å². The number of hydrogen-bond acceptors (Lipinski definition) is 3. The minimum absolute atomic E-state index is 0.372. The first-order chi connectivity index (χ1) is 11.1. The van der Waals surface area contributed by atoms with Crippen LogP contribution in [0, 0.1) is 29.0 Å². The van der Waals surface area contributed by atoms with Gasteiger partial charge < -0.3 is 0 Å². The van der Waals surface area contributed by atoms with Gasteiger partial charge in [0, 0.05) is 5.92 Å². The van der Waals surface area contributed by atoms with Gasteiger partial charge in [0.05, 0.1) is 21.3 Å². The number of fused-ring (bicyclic) bond motifs is 1. The summed E-state index contributed by atoms with van der Waals surface area (Å²) in [5, 5.41) is 10.0. The van der Waals surface area contributed by atoms with Crippen LogP contribution in [0.1, 0.15) is 69.9 Å². The molecule has 23 heavy (non-hydrogen) atoms. The Morgan fingerprint density at radius 1 is 1.35 bits per heavy atom. The van der Waals surface area contributed by atoms with E-state index in [2.05, 4.69) is 18.8 Å². The number of hydrogen-bond donors (Lipinski definition) is 0. The lowest BCUT2D eigenvalue weighted by atomic mass is 9.72. The third-order valence-corrected chi connectivity index (χ3v) is 5.86. The first kappa shape index (κ1) is 17.9. The quantitative estimate of drug-likeness (QED) is 0.650. The van der Waals surface area contributed by atoms with Gasteiger partial charge in [-0.15, -0.1) is 11.3 Å². The Bertz CT molecular complexity index is 701. The van der Waals surface area contributed by atoms with Crippen LogP contribution >= 0.6 is 11.3 Å². The predicted octanol–water partition coefficient (Wildman–Crippen LogP) is 6.26. The molecule has 1 aromatic heterocycles. The first-order valence-electron chi connectivity index (χ1n) is 8.64. The normalized spacial score (nSPS) is 23.9. The molecular weight excluding hydrogens is 307 g/mol. The van der Waals surface area contributed by atoms with Crippen molar-refractivity contribution in [1.82, 2.24) is 4.98 Å². The Balaban J connectivity index is 0.000000924. The van der Waals surface area contributed by atoms with Gasteiger partial charge in [-0.25, -0.2) is 9.37 Å². The van der Waals surface area contributed by atoms with Crippen molar-refractivity contribution >= 4 is 21.6 Å². The van der Waals surface area contributed by atoms with Gasteiger partial charge in [0.25, 0.3) is 0 Å². The summed E-state index contributed by atoms with van der Waals surface area (Å²) in [6.45, 7) is 8.52. The SMILES string of the molecule is CC.CCC1CCCC(C)C1c1nc2c(F)cc(C#N)cc2s1. The molecule has 4 heteroatoms. The molecule has 0 amide bonds. The number of benzene rings is 1. The van der Waals surface area contributed by atoms with Gasteiger partial charge in [0.2, 0.25) is 0 Å². The Morgan fingerprint density at radius 2 is 2.09 bits per heavy atom. The highest BCUT2D eigenvalue weighted by molar-refractivity contribution is 7.18. The number of nitrogens with zero attached hydrogens (tertiary/aromatic N) is 2. The molecule has 1 aliphatic rings. The molecule has 1 fully saturated rings. The molecule has 2 nitrogen and oxygen atoms in total. The minimum atomic E-state index is -0.372. The van der Waals surface area contributed by atoms with E-state index in [0.29, 0.717) is 28.8 Å². The standard InChI is InChI=1S/C17H19FN2S.C2H6/c1-3-12-6-4-5-10(2)15(12)17-20-16-13(18)7-11(9-19)8-14(16)21-17;1-2/h7-8,10,12,15H,3-6H2,1-2H3;1-2H3. The molecule has 0 bridgehead atoms. The Labute approximate surface area is 142 Å². The van der Waals surface area contributed by atoms with E-state index in [-0.39, 0.29) is 5.82 Å². The average Bonchev–Trinajstić information content (AvgIpc) is 3.00. The van der Waals surface area contributed by atoms with E-state index in [1.165, 1.54) is 25.3 Å². The number of halogens is 1. The van der Waals surface area contributed by atoms with E-state index in [0.717, 1.165) is 16.1 Å². The molecule has 3 atom stereocenters. The van der Waals surface area contributed by atoms with Crippen LogP contribution in [0.5, 0.6) is 0 Å². The highest BCUT2D eigenvalue weighted by Crippen LogP contribution is 2.45. The molecule has 0 aliphatic heterocycles. The second-order valence-corrected chi connectivity index (χ2v) is 7.13. The summed E-state index contributed by atoms with van der Waals surface area (Å²) in [5.41, 5.74) is 0.806. The fourth-order valence-electron chi connectivity index (χ4n) is 3.64. The summed E-state index contributed by atoms with van der Waals surface area (Å²) < 4.78 is 14.9. The zero-order chi connectivity index (χ0) is 17.0. The lowest BCUT2D eigenvalue weighted by Gasteiger charge is -2.34. The lowest BCUT2D eigenvalue weighted by Crippen LogP contribution is -2.24. The van der Waals surface area contributed by atoms with Gasteiger partial charge in [-0.2, -0.15) is 5.26 Å². The van der Waals surface area contributed by atoms with Crippen molar-refractivity contribution in [3.63, 3.8) is 0 Å². The van der Waals surface area contributed by atoms with Gasteiger partial charge in [-0.1, -0.05) is 47.0 Å². The van der Waals surface area contributed by atoms with Crippen LogP contribution < -0.4 is 0 Å². The van der Waals surface area contributed by atoms with Gasteiger partial charge in [-0.3, -0.25) is 0 Å². The number of rotatable bonds is 2. The van der Waals surface area contributed by atoms with Gasteiger partial charge >= 0.3 is 0 Å². The molecule has 1 saturated carbocycles. The Hall–Kier alpha value is -1.47. The first-order valence-corrected chi connectivity index (χ1v) is 9.45. The zero-order valence-corrected chi connectivity index (χ0v) is 15.2. The van der Waals surface area contributed by atoms with Crippen LogP contribution in [-0.2, 0) is 0 Å². The molecule has 0 spiro atoms. The molecule has 124 valence electrons. The largest absolute Gasteiger partial charge is 0.238 e. The van der Waals surface area contributed by atoms with E-state index in [9.17, 15) is 4.39 Å². The molecule has 1 aromatic carbocycles. The number of nitriles is 1. The second kappa shape index (κ2) is 7.88. The highest BCUT2D eigenvalue weighted by atomic mass is 32.1. The van der Waals surface area contributed by atoms with Crippen LogP contribution in [0.3, 0.4) is 0 Å². The van der Waals surface area contributed by atoms with Crippen LogP contribution in [0.4, 0.5) is 4.39 Å². The van der Waals surface area contributed by atoms with E-state index in [4.69, 9.17) is 5.26 Å². The summed E-state index contributed by atoms with van der Waals surface area (Å²) in [6.07, 6.45) is 4.90. The molecule has 0 N–H and O–H groups in total. The predicted molar refractivity (Wildman–Crippen MR) is 95.2 cm³/mol. The molecule has 3 rings (SSSR count). The summed E-state index contributed by atoms with van der Waals surface area (Å²) in [6, 6.07) is 5.06. The smallest absolute Gasteiger partial charge is 0.151 e. The zero-order valence-electron chi connectivity index (χ0n) is 14.4. The van der Waals surface area contributed by atoms with E-state index in [1.54, 1.807) is 17.4 Å². The number of aromatic nitrogens is 1. The van der Waals surface area contributed by atoms with Crippen molar-refractivity contribution in [3.8, 4) is 6.07 Å². The molecule has 2 aromatic rings. The van der Waals surface area contributed by atoms with Crippen molar-refractivity contribution in [2.24, 2.45) is 11.8 Å². The molecule has 3 unspecified atom stereocenters. The van der Waals surface area contributed by atoms with Crippen molar-refractivity contribution in [1.29, 1.82) is 5.26 Å². The van der Waals surface area contributed by atoms with E-state index < -0.39 is 0 Å². The van der Waals surface area contributed by atoms with E-state index >= 15 is 0 Å². The van der Waals surface area contributed by atoms with Gasteiger partial charge in [0.1, 0.15) is 5.52 Å². The maximum absolute atomic E-state index is 14.1. The summed E-state index contributed by atoms with van der Waals surface area (Å²) >= 11 is 1.57. The second-order valence-electron chi connectivity index (χ2n) is 6.07. The third-order valence-electron chi connectivity index (χ3n) is 4.76. The van der Waals surface area contributed by atoms with Gasteiger partial charge in [-0.05, 0) is 30.4 Å². The van der Waals surface area contributed by atoms with Crippen LogP contribution in [-0.4, -0.2) is 4.98 Å². The summed E-state index contributed by atoms with van der Waals surface area (Å²) in [5.74, 6) is 1.31. The van der Waals surface area contributed by atoms with Crippen molar-refractivity contribution in [2.45, 2.75) is 59.3 Å². The summed E-state index contributed by atoms with van der Waals surface area (Å²) in [4.78, 5) is 4.59. The molecule has 0 saturated heterocycles. The van der Waals surface area contributed by atoms with Crippen LogP contribution in [0.15, 0.2) is 12.1 Å². The molecule has 1 heterocycles. The average molecular weight is 332 g/mol. The molecule has 0 radical (unpaired) electrons. The summed E-state index contributed by atoms with van der Waals surface area (Å²) in [7, 11) is 0. The fraction of sp³-hybridized carbons (Fsp3) is 0.579. The Morgan fingerprint density at radius 3 is 2.74 bits per heavy atom. The highest BCUT2D eigenvalue weighted by Gasteiger charge is 2.33. The van der Waals surface area contributed by atoms with Crippen molar-refractivity contribution in [3.05, 3.63) is 28.5 Å². The Kier molecular flexibility index (Phi) is 6.12. The van der Waals surface area contributed by atoms with Crippen molar-refractivity contribution in [2.75, 3.05) is 0 Å². The van der Waals surface area contributed by atoms with Crippen LogP contribution in [0.25, 0.3) is 10.2 Å². The fourth-order valence-corrected chi connectivity index (χ4v) is 4.99. The molecule has 1 aliphatic carbocycles. The minimum Gasteiger partial charge on any atom is -0.238 e. The topological polar surface area (TPSA) is 36.7 Å². The lowest BCUT2D eigenvalue weighted by molar-refractivity contribution is 0.227. The van der Waals surface area contributed by atoms with Crippen molar-refractivity contribution < 1.29 is 4.39 Å². The maximum atomic E-state index is 14.1. The maximum Gasteiger partial charge on any atom is 0.151 e. The monoisotopic (exact) mass is 332 g/mol.